The highest BCUT2D eigenvalue weighted by molar-refractivity contribution is 6.04. The number of carbonyl (C=O) groups is 2. The standard InChI is InChI=1S/C24H30N2O4/c1-17(2)12-14-30-21-6-3-5-19(15-21)24(28)26-20-10-8-18(9-11-20)23(27)25-16-22-7-4-13-29-22/h3,5-6,8-11,15,17,22H,4,7,12-14,16H2,1-2H3,(H,25,27)(H,26,28). The Balaban J connectivity index is 1.52. The van der Waals surface area contributed by atoms with Crippen molar-refractivity contribution >= 4 is 17.5 Å². The van der Waals surface area contributed by atoms with E-state index in [4.69, 9.17) is 9.47 Å². The van der Waals surface area contributed by atoms with Crippen molar-refractivity contribution in [3.8, 4) is 5.75 Å². The molecule has 6 nitrogen and oxygen atoms in total. The van der Waals surface area contributed by atoms with Crippen molar-refractivity contribution in [2.75, 3.05) is 25.1 Å². The first-order valence-corrected chi connectivity index (χ1v) is 10.6. The highest BCUT2D eigenvalue weighted by Crippen LogP contribution is 2.17. The molecule has 6 heteroatoms. The Morgan fingerprint density at radius 1 is 1.10 bits per heavy atom. The molecule has 3 rings (SSSR count). The number of ether oxygens (including phenoxy) is 2. The van der Waals surface area contributed by atoms with Gasteiger partial charge in [0.25, 0.3) is 11.8 Å². The lowest BCUT2D eigenvalue weighted by atomic mass is 10.1. The number of benzene rings is 2. The Hall–Kier alpha value is -2.86. The Bertz CT molecular complexity index is 843. The third-order valence-corrected chi connectivity index (χ3v) is 4.98. The van der Waals surface area contributed by atoms with Crippen LogP contribution in [0.4, 0.5) is 5.69 Å². The molecule has 0 aliphatic carbocycles. The van der Waals surface area contributed by atoms with Crippen LogP contribution in [0.2, 0.25) is 0 Å². The SMILES string of the molecule is CC(C)CCOc1cccc(C(=O)Nc2ccc(C(=O)NCC3CCCO3)cc2)c1. The van der Waals surface area contributed by atoms with Gasteiger partial charge in [0.15, 0.2) is 0 Å². The molecule has 160 valence electrons. The molecule has 30 heavy (non-hydrogen) atoms. The molecule has 1 aliphatic heterocycles. The molecule has 1 atom stereocenters. The quantitative estimate of drug-likeness (QED) is 0.647. The van der Waals surface area contributed by atoms with Gasteiger partial charge in [0.2, 0.25) is 0 Å². The van der Waals surface area contributed by atoms with Crippen molar-refractivity contribution in [3.05, 3.63) is 59.7 Å². The fourth-order valence-corrected chi connectivity index (χ4v) is 3.16. The van der Waals surface area contributed by atoms with E-state index in [1.54, 1.807) is 42.5 Å². The van der Waals surface area contributed by atoms with E-state index in [1.165, 1.54) is 0 Å². The summed E-state index contributed by atoms with van der Waals surface area (Å²) in [6, 6.07) is 14.0. The van der Waals surface area contributed by atoms with E-state index in [0.29, 0.717) is 41.6 Å². The Morgan fingerprint density at radius 3 is 2.60 bits per heavy atom. The normalized spacial score (nSPS) is 15.8. The van der Waals surface area contributed by atoms with E-state index < -0.39 is 0 Å². The van der Waals surface area contributed by atoms with Gasteiger partial charge in [-0.3, -0.25) is 9.59 Å². The van der Waals surface area contributed by atoms with Gasteiger partial charge in [-0.2, -0.15) is 0 Å². The minimum Gasteiger partial charge on any atom is -0.494 e. The molecule has 2 amide bonds. The van der Waals surface area contributed by atoms with E-state index in [9.17, 15) is 9.59 Å². The summed E-state index contributed by atoms with van der Waals surface area (Å²) >= 11 is 0. The molecule has 2 N–H and O–H groups in total. The number of hydrogen-bond acceptors (Lipinski definition) is 4. The highest BCUT2D eigenvalue weighted by atomic mass is 16.5. The molecule has 2 aromatic rings. The molecule has 0 bridgehead atoms. The minimum atomic E-state index is -0.222. The van der Waals surface area contributed by atoms with Crippen molar-refractivity contribution in [1.82, 2.24) is 5.32 Å². The molecule has 1 heterocycles. The minimum absolute atomic E-state index is 0.109. The number of amides is 2. The van der Waals surface area contributed by atoms with Crippen molar-refractivity contribution in [2.24, 2.45) is 5.92 Å². The average molecular weight is 411 g/mol. The molecular formula is C24H30N2O4. The van der Waals surface area contributed by atoms with Gasteiger partial charge in [-0.25, -0.2) is 0 Å². The summed E-state index contributed by atoms with van der Waals surface area (Å²) in [5.74, 6) is 0.883. The van der Waals surface area contributed by atoms with Gasteiger partial charge in [-0.15, -0.1) is 0 Å². The topological polar surface area (TPSA) is 76.7 Å². The smallest absolute Gasteiger partial charge is 0.255 e. The van der Waals surface area contributed by atoms with Gasteiger partial charge >= 0.3 is 0 Å². The van der Waals surface area contributed by atoms with Crippen molar-refractivity contribution in [3.63, 3.8) is 0 Å². The molecule has 1 saturated heterocycles. The van der Waals surface area contributed by atoms with Crippen LogP contribution in [0.3, 0.4) is 0 Å². The predicted octanol–water partition coefficient (Wildman–Crippen LogP) is 4.27. The molecule has 0 radical (unpaired) electrons. The monoisotopic (exact) mass is 410 g/mol. The second-order valence-electron chi connectivity index (χ2n) is 7.94. The van der Waals surface area contributed by atoms with E-state index in [0.717, 1.165) is 25.9 Å². The first-order valence-electron chi connectivity index (χ1n) is 10.6. The summed E-state index contributed by atoms with van der Waals surface area (Å²) in [4.78, 5) is 24.8. The number of hydrogen-bond donors (Lipinski definition) is 2. The summed E-state index contributed by atoms with van der Waals surface area (Å²) in [6.07, 6.45) is 3.10. The average Bonchev–Trinajstić information content (AvgIpc) is 3.26. The third kappa shape index (κ3) is 6.59. The van der Waals surface area contributed by atoms with Gasteiger partial charge in [-0.1, -0.05) is 19.9 Å². The fourth-order valence-electron chi connectivity index (χ4n) is 3.16. The van der Waals surface area contributed by atoms with Gasteiger partial charge in [0.05, 0.1) is 12.7 Å². The van der Waals surface area contributed by atoms with Gasteiger partial charge < -0.3 is 20.1 Å². The van der Waals surface area contributed by atoms with Crippen LogP contribution < -0.4 is 15.4 Å². The molecule has 1 aliphatic rings. The van der Waals surface area contributed by atoms with Crippen molar-refractivity contribution in [2.45, 2.75) is 39.2 Å². The zero-order valence-corrected chi connectivity index (χ0v) is 17.6. The summed E-state index contributed by atoms with van der Waals surface area (Å²) in [5, 5.41) is 5.75. The summed E-state index contributed by atoms with van der Waals surface area (Å²) < 4.78 is 11.2. The van der Waals surface area contributed by atoms with Crippen LogP contribution in [0.15, 0.2) is 48.5 Å². The fraction of sp³-hybridized carbons (Fsp3) is 0.417. The van der Waals surface area contributed by atoms with Crippen LogP contribution >= 0.6 is 0 Å². The van der Waals surface area contributed by atoms with Crippen LogP contribution in [0.5, 0.6) is 5.75 Å². The van der Waals surface area contributed by atoms with Crippen LogP contribution in [0.25, 0.3) is 0 Å². The van der Waals surface area contributed by atoms with Crippen molar-refractivity contribution < 1.29 is 19.1 Å². The number of anilines is 1. The molecular weight excluding hydrogens is 380 g/mol. The second kappa shape index (κ2) is 10.8. The lowest BCUT2D eigenvalue weighted by Gasteiger charge is -2.11. The van der Waals surface area contributed by atoms with E-state index in [1.807, 2.05) is 6.07 Å². The van der Waals surface area contributed by atoms with Crippen LogP contribution in [0.1, 0.15) is 53.8 Å². The van der Waals surface area contributed by atoms with Gasteiger partial charge in [0.1, 0.15) is 5.75 Å². The maximum atomic E-state index is 12.6. The van der Waals surface area contributed by atoms with Crippen molar-refractivity contribution in [1.29, 1.82) is 0 Å². The molecule has 1 fully saturated rings. The first-order chi connectivity index (χ1) is 14.5. The zero-order valence-electron chi connectivity index (χ0n) is 17.6. The maximum absolute atomic E-state index is 12.6. The van der Waals surface area contributed by atoms with Crippen LogP contribution in [-0.4, -0.2) is 37.7 Å². The summed E-state index contributed by atoms with van der Waals surface area (Å²) in [7, 11) is 0. The lowest BCUT2D eigenvalue weighted by Crippen LogP contribution is -2.31. The van der Waals surface area contributed by atoms with E-state index >= 15 is 0 Å². The largest absolute Gasteiger partial charge is 0.494 e. The van der Waals surface area contributed by atoms with Crippen LogP contribution in [0, 0.1) is 5.92 Å². The third-order valence-electron chi connectivity index (χ3n) is 4.98. The summed E-state index contributed by atoms with van der Waals surface area (Å²) in [5.41, 5.74) is 1.70. The van der Waals surface area contributed by atoms with E-state index in [-0.39, 0.29) is 17.9 Å². The Morgan fingerprint density at radius 2 is 1.90 bits per heavy atom. The Labute approximate surface area is 178 Å². The number of rotatable bonds is 9. The van der Waals surface area contributed by atoms with E-state index in [2.05, 4.69) is 24.5 Å². The molecule has 0 spiro atoms. The molecule has 0 aromatic heterocycles. The van der Waals surface area contributed by atoms with Gasteiger partial charge in [0, 0.05) is 30.0 Å². The highest BCUT2D eigenvalue weighted by Gasteiger charge is 2.16. The lowest BCUT2D eigenvalue weighted by molar-refractivity contribution is 0.0857. The zero-order chi connectivity index (χ0) is 21.3. The molecule has 2 aromatic carbocycles. The Kier molecular flexibility index (Phi) is 7.85. The predicted molar refractivity (Wildman–Crippen MR) is 117 cm³/mol. The maximum Gasteiger partial charge on any atom is 0.255 e. The number of nitrogens with one attached hydrogen (secondary N) is 2. The van der Waals surface area contributed by atoms with Crippen LogP contribution in [-0.2, 0) is 4.74 Å². The van der Waals surface area contributed by atoms with Gasteiger partial charge in [-0.05, 0) is 67.6 Å². The second-order valence-corrected chi connectivity index (χ2v) is 7.94. The molecule has 1 unspecified atom stereocenters. The molecule has 0 saturated carbocycles. The summed E-state index contributed by atoms with van der Waals surface area (Å²) in [6.45, 7) is 6.20. The first kappa shape index (κ1) is 21.8. The number of carbonyl (C=O) groups excluding carboxylic acids is 2.